The number of alkyl halides is 6. The molecule has 0 bridgehead atoms. The summed E-state index contributed by atoms with van der Waals surface area (Å²) in [5, 5.41) is 11.2. The molecule has 7 nitrogen and oxygen atoms in total. The van der Waals surface area contributed by atoms with E-state index in [-0.39, 0.29) is 11.4 Å². The van der Waals surface area contributed by atoms with Gasteiger partial charge >= 0.3 is 12.4 Å². The molecule has 0 unspecified atom stereocenters. The number of fused-ring (bicyclic) bond motifs is 2. The molecular weight excluding hydrogens is 522 g/mol. The Labute approximate surface area is 208 Å². The number of phenols is 1. The van der Waals surface area contributed by atoms with E-state index in [1.165, 1.54) is 12.1 Å². The van der Waals surface area contributed by atoms with Gasteiger partial charge < -0.3 is 5.11 Å². The molecular formula is C25H12F6N2O5. The number of anilines is 1. The summed E-state index contributed by atoms with van der Waals surface area (Å²) in [7, 11) is 0. The highest BCUT2D eigenvalue weighted by Crippen LogP contribution is 2.57. The van der Waals surface area contributed by atoms with Crippen LogP contribution in [0.3, 0.4) is 0 Å². The van der Waals surface area contributed by atoms with E-state index in [4.69, 9.17) is 0 Å². The molecule has 0 radical (unpaired) electrons. The number of hydrogen-bond donors (Lipinski definition) is 2. The summed E-state index contributed by atoms with van der Waals surface area (Å²) in [6, 6.07) is 7.59. The van der Waals surface area contributed by atoms with E-state index < -0.39 is 74.8 Å². The number of phenolic OH excluding ortho intramolecular Hbond substituents is 1. The zero-order chi connectivity index (χ0) is 27.8. The molecule has 2 aliphatic heterocycles. The SMILES string of the molecule is O=C1NC(=O)c2cc(C(c3ccc4c(c3)C(=O)N(c3ccc(O)cc3)C4=O)(C(F)(F)F)C(F)(F)F)ccc21. The lowest BCUT2D eigenvalue weighted by atomic mass is 9.71. The van der Waals surface area contributed by atoms with Crippen LogP contribution in [-0.4, -0.2) is 41.1 Å². The lowest BCUT2D eigenvalue weighted by Crippen LogP contribution is -2.55. The molecule has 0 saturated heterocycles. The molecule has 13 heteroatoms. The molecule has 4 amide bonds. The zero-order valence-electron chi connectivity index (χ0n) is 18.6. The Morgan fingerprint density at radius 1 is 0.605 bits per heavy atom. The second kappa shape index (κ2) is 7.91. The third-order valence-corrected chi connectivity index (χ3v) is 6.45. The second-order valence-electron chi connectivity index (χ2n) is 8.51. The number of carbonyl (C=O) groups is 4. The molecule has 0 aliphatic carbocycles. The minimum atomic E-state index is -6.05. The van der Waals surface area contributed by atoms with Crippen LogP contribution in [0.2, 0.25) is 0 Å². The van der Waals surface area contributed by atoms with Gasteiger partial charge in [-0.15, -0.1) is 0 Å². The van der Waals surface area contributed by atoms with Gasteiger partial charge in [0.2, 0.25) is 5.41 Å². The normalized spacial score (nSPS) is 15.6. The van der Waals surface area contributed by atoms with Crippen LogP contribution in [0.25, 0.3) is 0 Å². The smallest absolute Gasteiger partial charge is 0.411 e. The first-order valence-corrected chi connectivity index (χ1v) is 10.6. The van der Waals surface area contributed by atoms with Crippen LogP contribution >= 0.6 is 0 Å². The predicted octanol–water partition coefficient (Wildman–Crippen LogP) is 4.49. The number of imide groups is 2. The van der Waals surface area contributed by atoms with Crippen molar-refractivity contribution in [2.24, 2.45) is 0 Å². The van der Waals surface area contributed by atoms with Crippen LogP contribution in [0.15, 0.2) is 60.7 Å². The van der Waals surface area contributed by atoms with E-state index in [0.717, 1.165) is 12.1 Å². The van der Waals surface area contributed by atoms with Gasteiger partial charge in [0.15, 0.2) is 0 Å². The first-order valence-electron chi connectivity index (χ1n) is 10.6. The summed E-state index contributed by atoms with van der Waals surface area (Å²) in [4.78, 5) is 50.2. The molecule has 38 heavy (non-hydrogen) atoms. The molecule has 2 aliphatic rings. The minimum Gasteiger partial charge on any atom is -0.508 e. The predicted molar refractivity (Wildman–Crippen MR) is 117 cm³/mol. The van der Waals surface area contributed by atoms with E-state index >= 15 is 0 Å². The van der Waals surface area contributed by atoms with Crippen molar-refractivity contribution >= 4 is 29.3 Å². The van der Waals surface area contributed by atoms with Crippen molar-refractivity contribution in [3.63, 3.8) is 0 Å². The molecule has 5 rings (SSSR count). The van der Waals surface area contributed by atoms with Crippen LogP contribution in [0, 0.1) is 0 Å². The highest BCUT2D eigenvalue weighted by Gasteiger charge is 2.73. The standard InChI is InChI=1S/C25H12F6N2O5/c26-24(27,28)23(25(29,30)31,11-1-7-15-17(9-11)20(36)32-19(15)35)12-2-8-16-18(10-12)22(38)33(21(16)37)13-3-5-14(34)6-4-13/h1-10,34H,(H,32,35,36). The van der Waals surface area contributed by atoms with E-state index in [1.54, 1.807) is 5.32 Å². The molecule has 2 heterocycles. The van der Waals surface area contributed by atoms with Gasteiger partial charge in [0.05, 0.1) is 27.9 Å². The first-order chi connectivity index (χ1) is 17.7. The van der Waals surface area contributed by atoms with Gasteiger partial charge in [0, 0.05) is 0 Å². The highest BCUT2D eigenvalue weighted by molar-refractivity contribution is 6.34. The number of nitrogens with one attached hydrogen (secondary N) is 1. The van der Waals surface area contributed by atoms with Gasteiger partial charge in [-0.25, -0.2) is 4.90 Å². The van der Waals surface area contributed by atoms with E-state index in [2.05, 4.69) is 0 Å². The Balaban J connectivity index is 1.73. The van der Waals surface area contributed by atoms with Gasteiger partial charge in [0.1, 0.15) is 5.75 Å². The molecule has 0 aromatic heterocycles. The molecule has 2 N–H and O–H groups in total. The fourth-order valence-electron chi connectivity index (χ4n) is 4.69. The number of carbonyl (C=O) groups excluding carboxylic acids is 4. The Kier molecular flexibility index (Phi) is 5.20. The summed E-state index contributed by atoms with van der Waals surface area (Å²) in [6.07, 6.45) is -12.1. The molecule has 0 spiro atoms. The van der Waals surface area contributed by atoms with Gasteiger partial charge in [0.25, 0.3) is 23.6 Å². The topological polar surface area (TPSA) is 104 Å². The first kappa shape index (κ1) is 25.0. The number of halogens is 6. The molecule has 3 aromatic carbocycles. The fraction of sp³-hybridized carbons (Fsp3) is 0.120. The summed E-state index contributed by atoms with van der Waals surface area (Å²) in [6.45, 7) is 0. The van der Waals surface area contributed by atoms with Crippen LogP contribution in [-0.2, 0) is 5.41 Å². The van der Waals surface area contributed by atoms with Gasteiger partial charge in [-0.3, -0.25) is 24.5 Å². The van der Waals surface area contributed by atoms with Crippen LogP contribution in [0.4, 0.5) is 32.0 Å². The average Bonchev–Trinajstić information content (AvgIpc) is 3.25. The van der Waals surface area contributed by atoms with Crippen molar-refractivity contribution in [3.05, 3.63) is 94.0 Å². The largest absolute Gasteiger partial charge is 0.508 e. The van der Waals surface area contributed by atoms with Crippen LogP contribution < -0.4 is 10.2 Å². The Bertz CT molecular complexity index is 1550. The van der Waals surface area contributed by atoms with Crippen molar-refractivity contribution < 1.29 is 50.6 Å². The molecule has 0 saturated carbocycles. The van der Waals surface area contributed by atoms with Crippen LogP contribution in [0.5, 0.6) is 5.75 Å². The highest BCUT2D eigenvalue weighted by atomic mass is 19.4. The third-order valence-electron chi connectivity index (χ3n) is 6.45. The molecule has 0 fully saturated rings. The molecule has 0 atom stereocenters. The summed E-state index contributed by atoms with van der Waals surface area (Å²) in [5.74, 6) is -4.51. The van der Waals surface area contributed by atoms with Crippen molar-refractivity contribution in [2.45, 2.75) is 17.8 Å². The maximum atomic E-state index is 14.6. The lowest BCUT2D eigenvalue weighted by molar-refractivity contribution is -0.288. The fourth-order valence-corrected chi connectivity index (χ4v) is 4.69. The lowest BCUT2D eigenvalue weighted by Gasteiger charge is -2.38. The van der Waals surface area contributed by atoms with E-state index in [0.29, 0.717) is 41.3 Å². The van der Waals surface area contributed by atoms with Crippen molar-refractivity contribution in [1.29, 1.82) is 0 Å². The Morgan fingerprint density at radius 3 is 1.63 bits per heavy atom. The van der Waals surface area contributed by atoms with Crippen LogP contribution in [0.1, 0.15) is 52.6 Å². The number of benzene rings is 3. The number of nitrogens with zero attached hydrogens (tertiary/aromatic N) is 1. The number of hydrogen-bond acceptors (Lipinski definition) is 5. The quantitative estimate of drug-likeness (QED) is 0.381. The van der Waals surface area contributed by atoms with Gasteiger partial charge in [-0.05, 0) is 59.7 Å². The average molecular weight is 534 g/mol. The van der Waals surface area contributed by atoms with E-state index in [9.17, 15) is 50.6 Å². The maximum absolute atomic E-state index is 14.6. The number of amides is 4. The molecule has 194 valence electrons. The maximum Gasteiger partial charge on any atom is 0.411 e. The van der Waals surface area contributed by atoms with E-state index in [1.807, 2.05) is 0 Å². The Morgan fingerprint density at radius 2 is 1.08 bits per heavy atom. The molecule has 3 aromatic rings. The van der Waals surface area contributed by atoms with Gasteiger partial charge in [-0.1, -0.05) is 12.1 Å². The number of rotatable bonds is 3. The zero-order valence-corrected chi connectivity index (χ0v) is 18.6. The third kappa shape index (κ3) is 3.31. The second-order valence-corrected chi connectivity index (χ2v) is 8.51. The Hall–Kier alpha value is -4.68. The van der Waals surface area contributed by atoms with Crippen molar-refractivity contribution in [1.82, 2.24) is 5.32 Å². The summed E-state index contributed by atoms with van der Waals surface area (Å²) < 4.78 is 87.6. The van der Waals surface area contributed by atoms with Crippen molar-refractivity contribution in [2.75, 3.05) is 4.90 Å². The van der Waals surface area contributed by atoms with Crippen molar-refractivity contribution in [3.8, 4) is 5.75 Å². The number of aromatic hydroxyl groups is 1. The van der Waals surface area contributed by atoms with Gasteiger partial charge in [-0.2, -0.15) is 26.3 Å². The summed E-state index contributed by atoms with van der Waals surface area (Å²) >= 11 is 0. The summed E-state index contributed by atoms with van der Waals surface area (Å²) in [5.41, 5.74) is -9.82. The minimum absolute atomic E-state index is 0.0669. The monoisotopic (exact) mass is 534 g/mol.